The Morgan fingerprint density at radius 2 is 1.79 bits per heavy atom. The Hall–Kier alpha value is -3.16. The van der Waals surface area contributed by atoms with Gasteiger partial charge in [-0.15, -0.1) is 0 Å². The standard InChI is InChI=1S/C27H29N3O3S/c1-17-10-6-9-13-24(17)30-26(32)21-11-7-8-12-23(21)28-27(30)34-16-25(31)22-14-18(2)29(20(22)4)19(3)15-33-5/h6-14,19H,15-16H2,1-5H3/t19-/m0/s1. The molecule has 0 spiro atoms. The van der Waals surface area contributed by atoms with Crippen molar-refractivity contribution >= 4 is 28.4 Å². The normalized spacial score (nSPS) is 12.3. The number of hydrogen-bond donors (Lipinski definition) is 0. The van der Waals surface area contributed by atoms with Crippen molar-refractivity contribution in [3.05, 3.63) is 87.5 Å². The van der Waals surface area contributed by atoms with Gasteiger partial charge in [0, 0.05) is 24.1 Å². The van der Waals surface area contributed by atoms with Gasteiger partial charge in [0.25, 0.3) is 5.56 Å². The molecule has 2 aromatic heterocycles. The summed E-state index contributed by atoms with van der Waals surface area (Å²) in [6.07, 6.45) is 0. The number of ketones is 1. The zero-order chi connectivity index (χ0) is 24.4. The van der Waals surface area contributed by atoms with E-state index in [9.17, 15) is 9.59 Å². The van der Waals surface area contributed by atoms with Gasteiger partial charge < -0.3 is 9.30 Å². The molecule has 0 unspecified atom stereocenters. The first-order valence-corrected chi connectivity index (χ1v) is 12.2. The summed E-state index contributed by atoms with van der Waals surface area (Å²) in [6, 6.07) is 17.1. The zero-order valence-corrected chi connectivity index (χ0v) is 21.0. The summed E-state index contributed by atoms with van der Waals surface area (Å²) in [5.74, 6) is 0.187. The molecule has 7 heteroatoms. The summed E-state index contributed by atoms with van der Waals surface area (Å²) in [6.45, 7) is 8.58. The Bertz CT molecular complexity index is 1420. The van der Waals surface area contributed by atoms with Crippen LogP contribution in [0.25, 0.3) is 16.6 Å². The van der Waals surface area contributed by atoms with Gasteiger partial charge in [0.05, 0.1) is 35.0 Å². The molecule has 1 atom stereocenters. The summed E-state index contributed by atoms with van der Waals surface area (Å²) in [4.78, 5) is 31.5. The van der Waals surface area contributed by atoms with Gasteiger partial charge in [-0.05, 0) is 57.5 Å². The molecule has 4 rings (SSSR count). The molecule has 0 aliphatic rings. The first-order valence-electron chi connectivity index (χ1n) is 11.2. The van der Waals surface area contributed by atoms with Crippen LogP contribution in [0.2, 0.25) is 0 Å². The number of para-hydroxylation sites is 2. The Labute approximate surface area is 203 Å². The number of benzene rings is 2. The molecule has 0 aliphatic carbocycles. The van der Waals surface area contributed by atoms with E-state index < -0.39 is 0 Å². The van der Waals surface area contributed by atoms with E-state index in [1.54, 1.807) is 17.7 Å². The summed E-state index contributed by atoms with van der Waals surface area (Å²) >= 11 is 1.29. The molecule has 2 aromatic carbocycles. The van der Waals surface area contributed by atoms with Crippen molar-refractivity contribution in [3.8, 4) is 5.69 Å². The van der Waals surface area contributed by atoms with E-state index in [-0.39, 0.29) is 23.1 Å². The highest BCUT2D eigenvalue weighted by Crippen LogP contribution is 2.26. The SMILES string of the molecule is COC[C@H](C)n1c(C)cc(C(=O)CSc2nc3ccccc3c(=O)n2-c2ccccc2C)c1C. The molecule has 176 valence electrons. The molecule has 0 saturated carbocycles. The first-order chi connectivity index (χ1) is 16.3. The summed E-state index contributed by atoms with van der Waals surface area (Å²) < 4.78 is 9.07. The number of hydrogen-bond acceptors (Lipinski definition) is 5. The third kappa shape index (κ3) is 4.45. The fourth-order valence-electron chi connectivity index (χ4n) is 4.50. The Balaban J connectivity index is 1.72. The number of carbonyl (C=O) groups excluding carboxylic acids is 1. The number of nitrogens with zero attached hydrogens (tertiary/aromatic N) is 3. The number of aryl methyl sites for hydroxylation is 2. The molecule has 4 aromatic rings. The van der Waals surface area contributed by atoms with Crippen molar-refractivity contribution in [1.82, 2.24) is 14.1 Å². The lowest BCUT2D eigenvalue weighted by Gasteiger charge is -2.17. The molecule has 0 saturated heterocycles. The van der Waals surface area contributed by atoms with Crippen molar-refractivity contribution in [3.63, 3.8) is 0 Å². The van der Waals surface area contributed by atoms with E-state index in [0.717, 1.165) is 22.6 Å². The fraction of sp³-hybridized carbons (Fsp3) is 0.296. The van der Waals surface area contributed by atoms with E-state index in [0.29, 0.717) is 28.2 Å². The average Bonchev–Trinajstić information content (AvgIpc) is 3.12. The lowest BCUT2D eigenvalue weighted by atomic mass is 10.2. The second-order valence-electron chi connectivity index (χ2n) is 8.51. The van der Waals surface area contributed by atoms with Crippen LogP contribution in [0.5, 0.6) is 0 Å². The lowest BCUT2D eigenvalue weighted by molar-refractivity contribution is 0.102. The van der Waals surface area contributed by atoms with Gasteiger partial charge in [-0.2, -0.15) is 0 Å². The van der Waals surface area contributed by atoms with E-state index >= 15 is 0 Å². The van der Waals surface area contributed by atoms with Gasteiger partial charge in [0.1, 0.15) is 0 Å². The second kappa shape index (κ2) is 9.99. The molecular formula is C27H29N3O3S. The highest BCUT2D eigenvalue weighted by Gasteiger charge is 2.21. The average molecular weight is 476 g/mol. The maximum absolute atomic E-state index is 13.5. The molecular weight excluding hydrogens is 446 g/mol. The zero-order valence-electron chi connectivity index (χ0n) is 20.2. The van der Waals surface area contributed by atoms with Gasteiger partial charge in [-0.25, -0.2) is 4.98 Å². The Morgan fingerprint density at radius 3 is 2.53 bits per heavy atom. The van der Waals surface area contributed by atoms with E-state index in [1.165, 1.54) is 11.8 Å². The molecule has 0 aliphatic heterocycles. The molecule has 34 heavy (non-hydrogen) atoms. The van der Waals surface area contributed by atoms with Gasteiger partial charge in [-0.1, -0.05) is 42.1 Å². The molecule has 0 fully saturated rings. The van der Waals surface area contributed by atoms with Crippen molar-refractivity contribution in [2.75, 3.05) is 19.5 Å². The molecule has 0 amide bonds. The predicted molar refractivity (Wildman–Crippen MR) is 138 cm³/mol. The molecule has 0 radical (unpaired) electrons. The van der Waals surface area contributed by atoms with Gasteiger partial charge in [0.15, 0.2) is 10.9 Å². The maximum atomic E-state index is 13.5. The van der Waals surface area contributed by atoms with Crippen LogP contribution in [0.15, 0.2) is 64.5 Å². The van der Waals surface area contributed by atoms with E-state index in [1.807, 2.05) is 69.3 Å². The number of aromatic nitrogens is 3. The molecule has 0 N–H and O–H groups in total. The quantitative estimate of drug-likeness (QED) is 0.197. The van der Waals surface area contributed by atoms with Crippen LogP contribution in [0.1, 0.15) is 40.3 Å². The topological polar surface area (TPSA) is 66.1 Å². The maximum Gasteiger partial charge on any atom is 0.266 e. The third-order valence-electron chi connectivity index (χ3n) is 6.07. The van der Waals surface area contributed by atoms with Crippen LogP contribution in [0, 0.1) is 20.8 Å². The lowest BCUT2D eigenvalue weighted by Crippen LogP contribution is -2.23. The van der Waals surface area contributed by atoms with Crippen molar-refractivity contribution in [2.45, 2.75) is 38.9 Å². The van der Waals surface area contributed by atoms with E-state index in [4.69, 9.17) is 9.72 Å². The van der Waals surface area contributed by atoms with E-state index in [2.05, 4.69) is 11.5 Å². The largest absolute Gasteiger partial charge is 0.383 e. The van der Waals surface area contributed by atoms with Gasteiger partial charge >= 0.3 is 0 Å². The fourth-order valence-corrected chi connectivity index (χ4v) is 5.39. The number of ether oxygens (including phenoxy) is 1. The molecule has 6 nitrogen and oxygen atoms in total. The number of thioether (sulfide) groups is 1. The van der Waals surface area contributed by atoms with Gasteiger partial charge in [0.2, 0.25) is 0 Å². The summed E-state index contributed by atoms with van der Waals surface area (Å²) in [5, 5.41) is 1.06. The van der Waals surface area contributed by atoms with Crippen LogP contribution in [0.4, 0.5) is 0 Å². The van der Waals surface area contributed by atoms with Crippen LogP contribution in [-0.4, -0.2) is 39.4 Å². The molecule has 0 bridgehead atoms. The predicted octanol–water partition coefficient (Wildman–Crippen LogP) is 5.29. The van der Waals surface area contributed by atoms with Crippen molar-refractivity contribution in [2.24, 2.45) is 0 Å². The smallest absolute Gasteiger partial charge is 0.266 e. The van der Waals surface area contributed by atoms with Crippen molar-refractivity contribution in [1.29, 1.82) is 0 Å². The van der Waals surface area contributed by atoms with Crippen molar-refractivity contribution < 1.29 is 9.53 Å². The first kappa shape index (κ1) is 24.0. The van der Waals surface area contributed by atoms with Gasteiger partial charge in [-0.3, -0.25) is 14.2 Å². The Morgan fingerprint density at radius 1 is 1.09 bits per heavy atom. The minimum Gasteiger partial charge on any atom is -0.383 e. The minimum atomic E-state index is -0.138. The van der Waals surface area contributed by atoms with Crippen LogP contribution < -0.4 is 5.56 Å². The number of methoxy groups -OCH3 is 1. The van der Waals surface area contributed by atoms with Crippen LogP contribution >= 0.6 is 11.8 Å². The monoisotopic (exact) mass is 475 g/mol. The minimum absolute atomic E-state index is 0.00714. The number of carbonyl (C=O) groups is 1. The summed E-state index contributed by atoms with van der Waals surface area (Å²) in [5.41, 5.74) is 4.86. The number of Topliss-reactive ketones (excluding diaryl/α,β-unsaturated/α-hetero) is 1. The van der Waals surface area contributed by atoms with Crippen LogP contribution in [-0.2, 0) is 4.74 Å². The highest BCUT2D eigenvalue weighted by molar-refractivity contribution is 7.99. The number of rotatable bonds is 8. The second-order valence-corrected chi connectivity index (χ2v) is 9.45. The highest BCUT2D eigenvalue weighted by atomic mass is 32.2. The number of fused-ring (bicyclic) bond motifs is 1. The Kier molecular flexibility index (Phi) is 7.05. The third-order valence-corrected chi connectivity index (χ3v) is 7.01. The van der Waals surface area contributed by atoms with Crippen LogP contribution in [0.3, 0.4) is 0 Å². The summed E-state index contributed by atoms with van der Waals surface area (Å²) in [7, 11) is 1.68. The molecule has 2 heterocycles.